The summed E-state index contributed by atoms with van der Waals surface area (Å²) in [5.41, 5.74) is 5.42. The molecule has 1 heteroatoms. The highest BCUT2D eigenvalue weighted by atomic mass is 14.9. The van der Waals surface area contributed by atoms with E-state index in [1.54, 1.807) is 0 Å². The van der Waals surface area contributed by atoms with E-state index in [-0.39, 0.29) is 0 Å². The van der Waals surface area contributed by atoms with Crippen molar-refractivity contribution < 1.29 is 0 Å². The van der Waals surface area contributed by atoms with Crippen molar-refractivity contribution >= 4 is 32.6 Å². The van der Waals surface area contributed by atoms with Crippen LogP contribution in [-0.4, -0.2) is 4.57 Å². The second-order valence-corrected chi connectivity index (χ2v) is 5.90. The summed E-state index contributed by atoms with van der Waals surface area (Å²) in [6.07, 6.45) is 1.09. The highest BCUT2D eigenvalue weighted by Crippen LogP contribution is 2.35. The quantitative estimate of drug-likeness (QED) is 0.440. The molecule has 1 heterocycles. The summed E-state index contributed by atoms with van der Waals surface area (Å²) in [6, 6.07) is 17.9. The van der Waals surface area contributed by atoms with Crippen molar-refractivity contribution in [2.24, 2.45) is 7.05 Å². The van der Waals surface area contributed by atoms with Gasteiger partial charge in [0.2, 0.25) is 0 Å². The maximum Gasteiger partial charge on any atom is 0.0568 e. The average Bonchev–Trinajstić information content (AvgIpc) is 2.81. The standard InChI is InChI=1S/C20H19N/c1-4-14-9-10-16-17(12-14)13(2)11-18-15-7-5-6-8-19(15)21(3)20(16)18/h5-12H,4H2,1-3H3. The van der Waals surface area contributed by atoms with Crippen LogP contribution in [0.5, 0.6) is 0 Å². The van der Waals surface area contributed by atoms with Gasteiger partial charge in [0.05, 0.1) is 5.52 Å². The monoisotopic (exact) mass is 273 g/mol. The fraction of sp³-hybridized carbons (Fsp3) is 0.200. The van der Waals surface area contributed by atoms with Crippen LogP contribution in [0.2, 0.25) is 0 Å². The van der Waals surface area contributed by atoms with Gasteiger partial charge in [-0.1, -0.05) is 43.3 Å². The average molecular weight is 273 g/mol. The van der Waals surface area contributed by atoms with Crippen molar-refractivity contribution in [2.45, 2.75) is 20.3 Å². The van der Waals surface area contributed by atoms with E-state index in [1.807, 2.05) is 0 Å². The fourth-order valence-electron chi connectivity index (χ4n) is 3.53. The lowest BCUT2D eigenvalue weighted by atomic mass is 9.98. The van der Waals surface area contributed by atoms with Gasteiger partial charge < -0.3 is 4.57 Å². The summed E-state index contributed by atoms with van der Waals surface area (Å²) in [4.78, 5) is 0. The second kappa shape index (κ2) is 4.36. The van der Waals surface area contributed by atoms with E-state index < -0.39 is 0 Å². The SMILES string of the molecule is CCc1ccc2c(c1)c(C)cc1c3ccccc3n(C)c21. The highest BCUT2D eigenvalue weighted by Gasteiger charge is 2.12. The molecule has 0 amide bonds. The Kier molecular flexibility index (Phi) is 2.58. The van der Waals surface area contributed by atoms with Crippen molar-refractivity contribution in [3.05, 3.63) is 59.7 Å². The van der Waals surface area contributed by atoms with Crippen LogP contribution in [-0.2, 0) is 13.5 Å². The Morgan fingerprint density at radius 2 is 1.67 bits per heavy atom. The van der Waals surface area contributed by atoms with Crippen molar-refractivity contribution in [1.29, 1.82) is 0 Å². The van der Waals surface area contributed by atoms with Gasteiger partial charge in [-0.2, -0.15) is 0 Å². The molecule has 0 unspecified atom stereocenters. The van der Waals surface area contributed by atoms with Gasteiger partial charge in [-0.3, -0.25) is 0 Å². The maximum atomic E-state index is 2.35. The Bertz CT molecular complexity index is 989. The number of aryl methyl sites for hydroxylation is 3. The third kappa shape index (κ3) is 1.64. The normalized spacial score (nSPS) is 11.8. The highest BCUT2D eigenvalue weighted by molar-refractivity contribution is 6.18. The molecule has 0 radical (unpaired) electrons. The van der Waals surface area contributed by atoms with Crippen LogP contribution in [0.4, 0.5) is 0 Å². The van der Waals surface area contributed by atoms with Gasteiger partial charge in [0.25, 0.3) is 0 Å². The smallest absolute Gasteiger partial charge is 0.0568 e. The first-order valence-electron chi connectivity index (χ1n) is 7.60. The zero-order chi connectivity index (χ0) is 14.6. The van der Waals surface area contributed by atoms with Gasteiger partial charge >= 0.3 is 0 Å². The minimum absolute atomic E-state index is 1.09. The van der Waals surface area contributed by atoms with Gasteiger partial charge in [0.15, 0.2) is 0 Å². The Morgan fingerprint density at radius 1 is 0.857 bits per heavy atom. The van der Waals surface area contributed by atoms with Gasteiger partial charge in [0, 0.05) is 28.7 Å². The molecule has 0 spiro atoms. The molecule has 0 bridgehead atoms. The lowest BCUT2D eigenvalue weighted by Gasteiger charge is -2.08. The van der Waals surface area contributed by atoms with Crippen LogP contribution in [0.25, 0.3) is 32.6 Å². The summed E-state index contributed by atoms with van der Waals surface area (Å²) >= 11 is 0. The van der Waals surface area contributed by atoms with E-state index in [0.29, 0.717) is 0 Å². The van der Waals surface area contributed by atoms with Crippen LogP contribution in [0.1, 0.15) is 18.1 Å². The molecule has 0 fully saturated rings. The molecule has 4 aromatic rings. The second-order valence-electron chi connectivity index (χ2n) is 5.90. The fourth-order valence-corrected chi connectivity index (χ4v) is 3.53. The first kappa shape index (κ1) is 12.5. The van der Waals surface area contributed by atoms with E-state index in [1.165, 1.54) is 43.7 Å². The third-order valence-electron chi connectivity index (χ3n) is 4.68. The molecule has 3 aromatic carbocycles. The number of aromatic nitrogens is 1. The van der Waals surface area contributed by atoms with Crippen molar-refractivity contribution in [3.8, 4) is 0 Å². The molecule has 0 atom stereocenters. The summed E-state index contributed by atoms with van der Waals surface area (Å²) in [6.45, 7) is 4.44. The predicted octanol–water partition coefficient (Wildman–Crippen LogP) is 5.36. The molecular weight excluding hydrogens is 254 g/mol. The largest absolute Gasteiger partial charge is 0.343 e. The minimum Gasteiger partial charge on any atom is -0.343 e. The van der Waals surface area contributed by atoms with Crippen molar-refractivity contribution in [2.75, 3.05) is 0 Å². The number of rotatable bonds is 1. The summed E-state index contributed by atoms with van der Waals surface area (Å²) in [5, 5.41) is 5.45. The molecular formula is C20H19N. The summed E-state index contributed by atoms with van der Waals surface area (Å²) in [5.74, 6) is 0. The van der Waals surface area contributed by atoms with Gasteiger partial charge in [-0.25, -0.2) is 0 Å². The molecule has 0 N–H and O–H groups in total. The number of para-hydroxylation sites is 1. The summed E-state index contributed by atoms with van der Waals surface area (Å²) in [7, 11) is 2.17. The third-order valence-corrected chi connectivity index (χ3v) is 4.68. The molecule has 0 aliphatic heterocycles. The summed E-state index contributed by atoms with van der Waals surface area (Å²) < 4.78 is 2.33. The van der Waals surface area contributed by atoms with Crippen LogP contribution in [0.3, 0.4) is 0 Å². The zero-order valence-electron chi connectivity index (χ0n) is 12.8. The van der Waals surface area contributed by atoms with E-state index in [0.717, 1.165) is 6.42 Å². The number of nitrogens with zero attached hydrogens (tertiary/aromatic N) is 1. The lowest BCUT2D eigenvalue weighted by Crippen LogP contribution is -1.90. The molecule has 4 rings (SSSR count). The van der Waals surface area contributed by atoms with Crippen molar-refractivity contribution in [1.82, 2.24) is 4.57 Å². The lowest BCUT2D eigenvalue weighted by molar-refractivity contribution is 1.02. The number of fused-ring (bicyclic) bond motifs is 5. The molecule has 0 aliphatic carbocycles. The first-order chi connectivity index (χ1) is 10.2. The molecule has 0 saturated heterocycles. The Labute approximate surface area is 124 Å². The number of hydrogen-bond acceptors (Lipinski definition) is 0. The molecule has 104 valence electrons. The minimum atomic E-state index is 1.09. The van der Waals surface area contributed by atoms with Crippen LogP contribution in [0.15, 0.2) is 48.5 Å². The zero-order valence-corrected chi connectivity index (χ0v) is 12.8. The van der Waals surface area contributed by atoms with E-state index in [4.69, 9.17) is 0 Å². The molecule has 0 aliphatic rings. The van der Waals surface area contributed by atoms with E-state index in [9.17, 15) is 0 Å². The number of hydrogen-bond donors (Lipinski definition) is 0. The molecule has 1 nitrogen and oxygen atoms in total. The maximum absolute atomic E-state index is 2.35. The van der Waals surface area contributed by atoms with Crippen LogP contribution >= 0.6 is 0 Å². The Hall–Kier alpha value is -2.28. The molecule has 1 aromatic heterocycles. The Morgan fingerprint density at radius 3 is 2.48 bits per heavy atom. The van der Waals surface area contributed by atoms with Crippen LogP contribution < -0.4 is 0 Å². The molecule has 21 heavy (non-hydrogen) atoms. The van der Waals surface area contributed by atoms with Gasteiger partial charge in [-0.05, 0) is 42.0 Å². The van der Waals surface area contributed by atoms with E-state index in [2.05, 4.69) is 74.0 Å². The van der Waals surface area contributed by atoms with Gasteiger partial charge in [-0.15, -0.1) is 0 Å². The van der Waals surface area contributed by atoms with Gasteiger partial charge in [0.1, 0.15) is 0 Å². The van der Waals surface area contributed by atoms with Crippen LogP contribution in [0, 0.1) is 6.92 Å². The first-order valence-corrected chi connectivity index (χ1v) is 7.60. The Balaban J connectivity index is 2.29. The van der Waals surface area contributed by atoms with Crippen molar-refractivity contribution in [3.63, 3.8) is 0 Å². The number of benzene rings is 3. The topological polar surface area (TPSA) is 4.93 Å². The molecule has 0 saturated carbocycles. The predicted molar refractivity (Wildman–Crippen MR) is 92.0 cm³/mol. The van der Waals surface area contributed by atoms with E-state index >= 15 is 0 Å².